The van der Waals surface area contributed by atoms with E-state index < -0.39 is 0 Å². The van der Waals surface area contributed by atoms with E-state index in [9.17, 15) is 4.79 Å². The molecule has 30 heavy (non-hydrogen) atoms. The molecule has 0 bridgehead atoms. The number of ether oxygens (including phenoxy) is 2. The minimum absolute atomic E-state index is 0.00276. The van der Waals surface area contributed by atoms with Crippen molar-refractivity contribution < 1.29 is 14.3 Å². The zero-order valence-corrected chi connectivity index (χ0v) is 17.5. The van der Waals surface area contributed by atoms with Gasteiger partial charge in [0.15, 0.2) is 11.5 Å². The number of methoxy groups -OCH3 is 1. The number of amides is 1. The highest BCUT2D eigenvalue weighted by Gasteiger charge is 2.20. The van der Waals surface area contributed by atoms with Crippen LogP contribution < -0.4 is 14.8 Å². The Bertz CT molecular complexity index is 876. The molecule has 0 aromatic heterocycles. The normalized spacial score (nSPS) is 10.8. The molecule has 1 amide bonds. The van der Waals surface area contributed by atoms with E-state index in [1.807, 2.05) is 67.7 Å². The van der Waals surface area contributed by atoms with Gasteiger partial charge in [0.2, 0.25) is 5.91 Å². The molecular weight excluding hydrogens is 376 g/mol. The standard InChI is InChI=1S/C25H28N2O3/c1-27(25(20-11-5-3-6-12-20)21-13-7-4-8-14-21)19-24(28)26-17-18-30-23-16-10-9-15-22(23)29-2/h3-16,25H,17-19H2,1-2H3,(H,26,28). The molecule has 0 radical (unpaired) electrons. The van der Waals surface area contributed by atoms with Crippen LogP contribution in [0, 0.1) is 0 Å². The average molecular weight is 405 g/mol. The first kappa shape index (κ1) is 21.4. The topological polar surface area (TPSA) is 50.8 Å². The molecule has 0 saturated carbocycles. The van der Waals surface area contributed by atoms with E-state index in [1.165, 1.54) is 0 Å². The van der Waals surface area contributed by atoms with Gasteiger partial charge in [0, 0.05) is 0 Å². The van der Waals surface area contributed by atoms with E-state index in [1.54, 1.807) is 7.11 Å². The molecule has 0 atom stereocenters. The van der Waals surface area contributed by atoms with Crippen molar-refractivity contribution in [2.75, 3.05) is 33.9 Å². The molecule has 3 aromatic carbocycles. The van der Waals surface area contributed by atoms with E-state index in [-0.39, 0.29) is 18.5 Å². The number of carbonyl (C=O) groups excluding carboxylic acids is 1. The number of likely N-dealkylation sites (N-methyl/N-ethyl adjacent to an activating group) is 1. The van der Waals surface area contributed by atoms with Gasteiger partial charge in [0.25, 0.3) is 0 Å². The summed E-state index contributed by atoms with van der Waals surface area (Å²) < 4.78 is 11.0. The molecule has 0 unspecified atom stereocenters. The monoisotopic (exact) mass is 404 g/mol. The van der Waals surface area contributed by atoms with Crippen molar-refractivity contribution in [1.29, 1.82) is 0 Å². The van der Waals surface area contributed by atoms with Crippen LogP contribution in [-0.2, 0) is 4.79 Å². The number of carbonyl (C=O) groups is 1. The lowest BCUT2D eigenvalue weighted by atomic mass is 9.97. The van der Waals surface area contributed by atoms with Crippen molar-refractivity contribution in [3.63, 3.8) is 0 Å². The summed E-state index contributed by atoms with van der Waals surface area (Å²) in [5.41, 5.74) is 2.30. The van der Waals surface area contributed by atoms with Gasteiger partial charge < -0.3 is 14.8 Å². The molecule has 3 rings (SSSR count). The van der Waals surface area contributed by atoms with Gasteiger partial charge in [-0.15, -0.1) is 0 Å². The molecule has 5 heteroatoms. The Kier molecular flexibility index (Phi) is 7.86. The second-order valence-electron chi connectivity index (χ2n) is 6.99. The van der Waals surface area contributed by atoms with Crippen molar-refractivity contribution in [3.05, 3.63) is 96.1 Å². The second-order valence-corrected chi connectivity index (χ2v) is 6.99. The van der Waals surface area contributed by atoms with Crippen molar-refractivity contribution in [1.82, 2.24) is 10.2 Å². The predicted octanol–water partition coefficient (Wildman–Crippen LogP) is 3.91. The van der Waals surface area contributed by atoms with Crippen molar-refractivity contribution in [2.24, 2.45) is 0 Å². The molecule has 3 aromatic rings. The second kappa shape index (κ2) is 11.0. The maximum atomic E-state index is 12.5. The van der Waals surface area contributed by atoms with Crippen LogP contribution >= 0.6 is 0 Å². The highest BCUT2D eigenvalue weighted by atomic mass is 16.5. The molecule has 1 N–H and O–H groups in total. The summed E-state index contributed by atoms with van der Waals surface area (Å²) in [5, 5.41) is 2.93. The van der Waals surface area contributed by atoms with Crippen LogP contribution in [-0.4, -0.2) is 44.7 Å². The molecule has 5 nitrogen and oxygen atoms in total. The number of hydrogen-bond donors (Lipinski definition) is 1. The van der Waals surface area contributed by atoms with Crippen molar-refractivity contribution in [2.45, 2.75) is 6.04 Å². The Morgan fingerprint density at radius 2 is 1.40 bits per heavy atom. The molecular formula is C25H28N2O3. The van der Waals surface area contributed by atoms with Crippen LogP contribution in [0.15, 0.2) is 84.9 Å². The van der Waals surface area contributed by atoms with E-state index in [2.05, 4.69) is 34.5 Å². The van der Waals surface area contributed by atoms with E-state index >= 15 is 0 Å². The van der Waals surface area contributed by atoms with Crippen molar-refractivity contribution >= 4 is 5.91 Å². The number of hydrogen-bond acceptors (Lipinski definition) is 4. The Hall–Kier alpha value is -3.31. The third kappa shape index (κ3) is 5.84. The number of nitrogens with one attached hydrogen (secondary N) is 1. The van der Waals surface area contributed by atoms with Gasteiger partial charge in [0.1, 0.15) is 6.61 Å². The van der Waals surface area contributed by atoms with Gasteiger partial charge in [0.05, 0.1) is 26.2 Å². The van der Waals surface area contributed by atoms with E-state index in [0.29, 0.717) is 24.7 Å². The first-order valence-corrected chi connectivity index (χ1v) is 10.0. The average Bonchev–Trinajstić information content (AvgIpc) is 2.78. The molecule has 0 aliphatic heterocycles. The highest BCUT2D eigenvalue weighted by Crippen LogP contribution is 2.27. The summed E-state index contributed by atoms with van der Waals surface area (Å²) in [6, 6.07) is 27.9. The van der Waals surface area contributed by atoms with Crippen molar-refractivity contribution in [3.8, 4) is 11.5 Å². The summed E-state index contributed by atoms with van der Waals surface area (Å²) >= 11 is 0. The fraction of sp³-hybridized carbons (Fsp3) is 0.240. The maximum Gasteiger partial charge on any atom is 0.234 e. The first-order chi connectivity index (χ1) is 14.7. The lowest BCUT2D eigenvalue weighted by Crippen LogP contribution is -2.39. The Morgan fingerprint density at radius 3 is 1.97 bits per heavy atom. The largest absolute Gasteiger partial charge is 0.493 e. The summed E-state index contributed by atoms with van der Waals surface area (Å²) in [6.45, 7) is 1.08. The van der Waals surface area contributed by atoms with Gasteiger partial charge in [-0.25, -0.2) is 0 Å². The number of rotatable bonds is 10. The summed E-state index contributed by atoms with van der Waals surface area (Å²) in [5.74, 6) is 1.30. The van der Waals surface area contributed by atoms with Gasteiger partial charge in [-0.1, -0.05) is 72.8 Å². The van der Waals surface area contributed by atoms with Crippen LogP contribution in [0.2, 0.25) is 0 Å². The fourth-order valence-corrected chi connectivity index (χ4v) is 3.44. The quantitative estimate of drug-likeness (QED) is 0.521. The Morgan fingerprint density at radius 1 is 0.867 bits per heavy atom. The number of benzene rings is 3. The minimum Gasteiger partial charge on any atom is -0.493 e. The fourth-order valence-electron chi connectivity index (χ4n) is 3.44. The smallest absolute Gasteiger partial charge is 0.234 e. The van der Waals surface area contributed by atoms with Gasteiger partial charge in [-0.05, 0) is 30.3 Å². The summed E-state index contributed by atoms with van der Waals surface area (Å²) in [6.07, 6.45) is 0. The molecule has 0 spiro atoms. The maximum absolute atomic E-state index is 12.5. The molecule has 0 aliphatic rings. The molecule has 0 heterocycles. The highest BCUT2D eigenvalue weighted by molar-refractivity contribution is 5.78. The predicted molar refractivity (Wildman–Crippen MR) is 119 cm³/mol. The van der Waals surface area contributed by atoms with Crippen LogP contribution in [0.5, 0.6) is 11.5 Å². The van der Waals surface area contributed by atoms with Gasteiger partial charge in [-0.2, -0.15) is 0 Å². The summed E-state index contributed by atoms with van der Waals surface area (Å²) in [4.78, 5) is 14.6. The molecule has 0 fully saturated rings. The third-order valence-electron chi connectivity index (χ3n) is 4.82. The van der Waals surface area contributed by atoms with Gasteiger partial charge in [-0.3, -0.25) is 9.69 Å². The first-order valence-electron chi connectivity index (χ1n) is 10.0. The lowest BCUT2D eigenvalue weighted by molar-refractivity contribution is -0.122. The van der Waals surface area contributed by atoms with E-state index in [4.69, 9.17) is 9.47 Å². The zero-order chi connectivity index (χ0) is 21.2. The molecule has 0 aliphatic carbocycles. The Labute approximate surface area is 178 Å². The lowest BCUT2D eigenvalue weighted by Gasteiger charge is -2.28. The molecule has 0 saturated heterocycles. The van der Waals surface area contributed by atoms with E-state index in [0.717, 1.165) is 11.1 Å². The van der Waals surface area contributed by atoms with Crippen LogP contribution in [0.1, 0.15) is 17.2 Å². The Balaban J connectivity index is 1.55. The minimum atomic E-state index is -0.0435. The zero-order valence-electron chi connectivity index (χ0n) is 17.5. The summed E-state index contributed by atoms with van der Waals surface area (Å²) in [7, 11) is 3.57. The number of para-hydroxylation sites is 2. The van der Waals surface area contributed by atoms with Gasteiger partial charge >= 0.3 is 0 Å². The molecule has 156 valence electrons. The number of nitrogens with zero attached hydrogens (tertiary/aromatic N) is 1. The SMILES string of the molecule is COc1ccccc1OCCNC(=O)CN(C)C(c1ccccc1)c1ccccc1. The third-order valence-corrected chi connectivity index (χ3v) is 4.82. The van der Waals surface area contributed by atoms with Crippen LogP contribution in [0.25, 0.3) is 0 Å². The van der Waals surface area contributed by atoms with Crippen LogP contribution in [0.4, 0.5) is 0 Å². The van der Waals surface area contributed by atoms with Crippen LogP contribution in [0.3, 0.4) is 0 Å².